The lowest BCUT2D eigenvalue weighted by Gasteiger charge is -2.19. The number of nitrogens with zero attached hydrogens (tertiary/aromatic N) is 2. The summed E-state index contributed by atoms with van der Waals surface area (Å²) in [7, 11) is 0. The molecule has 0 aromatic heterocycles. The number of amidine groups is 1. The van der Waals surface area contributed by atoms with Crippen LogP contribution >= 0.6 is 0 Å². The zero-order valence-electron chi connectivity index (χ0n) is 16.6. The van der Waals surface area contributed by atoms with Gasteiger partial charge >= 0.3 is 0 Å². The van der Waals surface area contributed by atoms with Crippen LogP contribution in [0.2, 0.25) is 0 Å². The fourth-order valence-electron chi connectivity index (χ4n) is 3.18. The number of hydrogen-bond donors (Lipinski definition) is 0. The van der Waals surface area contributed by atoms with Gasteiger partial charge < -0.3 is 19.1 Å². The Labute approximate surface area is 166 Å². The van der Waals surface area contributed by atoms with Crippen LogP contribution in [-0.2, 0) is 10.2 Å². The minimum Gasteiger partial charge on any atom is -0.490 e. The second kappa shape index (κ2) is 7.58. The first kappa shape index (κ1) is 18.4. The average Bonchev–Trinajstić information content (AvgIpc) is 3.10. The summed E-state index contributed by atoms with van der Waals surface area (Å²) in [5, 5.41) is 0. The van der Waals surface area contributed by atoms with Gasteiger partial charge in [0.25, 0.3) is 6.02 Å². The van der Waals surface area contributed by atoms with Crippen molar-refractivity contribution in [2.75, 3.05) is 19.7 Å². The molecule has 2 aromatic carbocycles. The average molecular weight is 378 g/mol. The first-order valence-electron chi connectivity index (χ1n) is 9.63. The van der Waals surface area contributed by atoms with Crippen LogP contribution in [0, 0.1) is 0 Å². The van der Waals surface area contributed by atoms with Crippen LogP contribution < -0.4 is 9.47 Å². The van der Waals surface area contributed by atoms with Gasteiger partial charge in [0.2, 0.25) is 0 Å². The molecule has 5 heteroatoms. The summed E-state index contributed by atoms with van der Waals surface area (Å²) in [5.74, 6) is 2.40. The maximum Gasteiger partial charge on any atom is 0.292 e. The Hall–Kier alpha value is -2.95. The summed E-state index contributed by atoms with van der Waals surface area (Å²) in [4.78, 5) is 6.34. The van der Waals surface area contributed by atoms with Gasteiger partial charge in [-0.25, -0.2) is 4.99 Å². The molecule has 0 aliphatic carbocycles. The second-order valence-corrected chi connectivity index (χ2v) is 8.10. The number of ether oxygens (including phenoxy) is 3. The van der Waals surface area contributed by atoms with Crippen molar-refractivity contribution in [3.63, 3.8) is 0 Å². The van der Waals surface area contributed by atoms with Crippen molar-refractivity contribution in [1.29, 1.82) is 0 Å². The largest absolute Gasteiger partial charge is 0.490 e. The number of fused-ring (bicyclic) bond motifs is 1. The van der Waals surface area contributed by atoms with Crippen LogP contribution in [0.3, 0.4) is 0 Å². The third-order valence-corrected chi connectivity index (χ3v) is 4.80. The van der Waals surface area contributed by atoms with Gasteiger partial charge in [-0.15, -0.1) is 0 Å². The molecule has 0 unspecified atom stereocenters. The molecule has 0 N–H and O–H groups in total. The normalized spacial score (nSPS) is 18.3. The molecule has 2 heterocycles. The second-order valence-electron chi connectivity index (χ2n) is 8.10. The Morgan fingerprint density at radius 1 is 1.00 bits per heavy atom. The van der Waals surface area contributed by atoms with Gasteiger partial charge in [-0.3, -0.25) is 0 Å². The Balaban J connectivity index is 1.29. The quantitative estimate of drug-likeness (QED) is 0.754. The molecule has 1 atom stereocenters. The highest BCUT2D eigenvalue weighted by Crippen LogP contribution is 2.28. The van der Waals surface area contributed by atoms with E-state index >= 15 is 0 Å². The number of benzene rings is 2. The van der Waals surface area contributed by atoms with Crippen molar-refractivity contribution < 1.29 is 14.2 Å². The molecule has 4 rings (SSSR count). The highest BCUT2D eigenvalue weighted by Gasteiger charge is 2.30. The van der Waals surface area contributed by atoms with Crippen LogP contribution in [0.25, 0.3) is 0 Å². The molecular formula is C23H26N2O3. The van der Waals surface area contributed by atoms with Gasteiger partial charge in [-0.1, -0.05) is 32.9 Å². The van der Waals surface area contributed by atoms with E-state index in [0.29, 0.717) is 12.6 Å². The smallest absolute Gasteiger partial charge is 0.292 e. The zero-order valence-corrected chi connectivity index (χ0v) is 16.6. The lowest BCUT2D eigenvalue weighted by Crippen LogP contribution is -2.28. The summed E-state index contributed by atoms with van der Waals surface area (Å²) in [6.07, 6.45) is 3.80. The van der Waals surface area contributed by atoms with E-state index in [0.717, 1.165) is 30.3 Å². The van der Waals surface area contributed by atoms with Crippen LogP contribution in [0.1, 0.15) is 26.3 Å². The standard InChI is InChI=1S/C23H26N2O3/c1-23(2,3)17-5-7-19(8-6-17)27-20-11-9-18(10-12-20)26-16-21-15-25-14-4-13-24-22(25)28-21/h4-13,21H,14-16H2,1-3H3/t21-/m0/s1. The van der Waals surface area contributed by atoms with Gasteiger partial charge in [-0.05, 0) is 53.5 Å². The summed E-state index contributed by atoms with van der Waals surface area (Å²) < 4.78 is 17.6. The third-order valence-electron chi connectivity index (χ3n) is 4.80. The number of aliphatic imine (C=N–C) groups is 1. The monoisotopic (exact) mass is 378 g/mol. The molecule has 0 spiro atoms. The van der Waals surface area contributed by atoms with Crippen molar-refractivity contribution in [2.24, 2.45) is 4.99 Å². The van der Waals surface area contributed by atoms with Gasteiger partial charge in [0, 0.05) is 12.7 Å². The fourth-order valence-corrected chi connectivity index (χ4v) is 3.18. The SMILES string of the molecule is CC(C)(C)c1ccc(Oc2ccc(OC[C@@H]3CN4CC=CN=C4O3)cc2)cc1. The van der Waals surface area contributed by atoms with Crippen LogP contribution in [-0.4, -0.2) is 36.7 Å². The Bertz CT molecular complexity index is 864. The van der Waals surface area contributed by atoms with Crippen molar-refractivity contribution in [1.82, 2.24) is 4.90 Å². The molecule has 0 bridgehead atoms. The summed E-state index contributed by atoms with van der Waals surface area (Å²) in [6.45, 7) is 8.74. The molecule has 2 aliphatic heterocycles. The van der Waals surface area contributed by atoms with Crippen molar-refractivity contribution in [2.45, 2.75) is 32.3 Å². The lowest BCUT2D eigenvalue weighted by atomic mass is 9.87. The van der Waals surface area contributed by atoms with E-state index in [1.807, 2.05) is 42.5 Å². The van der Waals surface area contributed by atoms with E-state index in [1.165, 1.54) is 5.56 Å². The van der Waals surface area contributed by atoms with Crippen LogP contribution in [0.5, 0.6) is 17.2 Å². The molecule has 0 amide bonds. The van der Waals surface area contributed by atoms with E-state index in [2.05, 4.69) is 42.8 Å². The summed E-state index contributed by atoms with van der Waals surface area (Å²) >= 11 is 0. The Morgan fingerprint density at radius 2 is 1.64 bits per heavy atom. The Morgan fingerprint density at radius 3 is 2.29 bits per heavy atom. The van der Waals surface area contributed by atoms with E-state index in [-0.39, 0.29) is 11.5 Å². The predicted octanol–water partition coefficient (Wildman–Crippen LogP) is 4.74. The molecule has 1 saturated heterocycles. The van der Waals surface area contributed by atoms with Crippen molar-refractivity contribution in [3.05, 3.63) is 66.4 Å². The predicted molar refractivity (Wildman–Crippen MR) is 110 cm³/mol. The molecule has 2 aromatic rings. The molecule has 146 valence electrons. The fraction of sp³-hybridized carbons (Fsp3) is 0.348. The van der Waals surface area contributed by atoms with E-state index < -0.39 is 0 Å². The third kappa shape index (κ3) is 4.30. The molecule has 28 heavy (non-hydrogen) atoms. The van der Waals surface area contributed by atoms with Gasteiger partial charge in [0.15, 0.2) is 6.10 Å². The van der Waals surface area contributed by atoms with Gasteiger partial charge in [0.05, 0.1) is 6.54 Å². The first-order valence-corrected chi connectivity index (χ1v) is 9.63. The number of rotatable bonds is 5. The zero-order chi connectivity index (χ0) is 19.6. The maximum atomic E-state index is 5.93. The van der Waals surface area contributed by atoms with Crippen LogP contribution in [0.15, 0.2) is 65.8 Å². The lowest BCUT2D eigenvalue weighted by molar-refractivity contribution is 0.146. The van der Waals surface area contributed by atoms with Gasteiger partial charge in [-0.2, -0.15) is 0 Å². The molecule has 5 nitrogen and oxygen atoms in total. The first-order chi connectivity index (χ1) is 13.5. The summed E-state index contributed by atoms with van der Waals surface area (Å²) in [5.41, 5.74) is 1.42. The molecule has 0 saturated carbocycles. The van der Waals surface area contributed by atoms with E-state index in [4.69, 9.17) is 14.2 Å². The molecule has 2 aliphatic rings. The summed E-state index contributed by atoms with van der Waals surface area (Å²) in [6, 6.07) is 16.6. The van der Waals surface area contributed by atoms with Crippen molar-refractivity contribution in [3.8, 4) is 17.2 Å². The van der Waals surface area contributed by atoms with Gasteiger partial charge in [0.1, 0.15) is 23.9 Å². The Kier molecular flexibility index (Phi) is 4.99. The highest BCUT2D eigenvalue weighted by atomic mass is 16.6. The molecular weight excluding hydrogens is 352 g/mol. The van der Waals surface area contributed by atoms with E-state index in [1.54, 1.807) is 6.20 Å². The minimum atomic E-state index is -0.00379. The number of hydrogen-bond acceptors (Lipinski definition) is 5. The van der Waals surface area contributed by atoms with Crippen molar-refractivity contribution >= 4 is 6.02 Å². The highest BCUT2D eigenvalue weighted by molar-refractivity contribution is 5.77. The molecule has 1 fully saturated rings. The minimum absolute atomic E-state index is 0.00379. The topological polar surface area (TPSA) is 43.3 Å². The van der Waals surface area contributed by atoms with Crippen LogP contribution in [0.4, 0.5) is 0 Å². The molecule has 0 radical (unpaired) electrons. The maximum absolute atomic E-state index is 5.93. The van der Waals surface area contributed by atoms with E-state index in [9.17, 15) is 0 Å².